The van der Waals surface area contributed by atoms with Crippen LogP contribution in [0.3, 0.4) is 0 Å². The van der Waals surface area contributed by atoms with E-state index in [1.54, 1.807) is 6.08 Å². The molecule has 0 aromatic heterocycles. The number of ether oxygens (including phenoxy) is 1. The summed E-state index contributed by atoms with van der Waals surface area (Å²) in [6.45, 7) is 6.61. The summed E-state index contributed by atoms with van der Waals surface area (Å²) in [4.78, 5) is 23.5. The Morgan fingerprint density at radius 2 is 2.14 bits per heavy atom. The largest absolute Gasteiger partial charge is 0.447 e. The van der Waals surface area contributed by atoms with Crippen molar-refractivity contribution < 1.29 is 14.3 Å². The van der Waals surface area contributed by atoms with Crippen LogP contribution in [-0.2, 0) is 9.53 Å². The second kappa shape index (κ2) is 3.82. The zero-order chi connectivity index (χ0) is 10.8. The third-order valence-electron chi connectivity index (χ3n) is 1.75. The molecule has 4 heteroatoms. The van der Waals surface area contributed by atoms with Gasteiger partial charge in [-0.3, -0.25) is 4.79 Å². The molecule has 1 aliphatic heterocycles. The number of cyclic esters (lactones) is 1. The van der Waals surface area contributed by atoms with E-state index in [2.05, 4.69) is 4.74 Å². The van der Waals surface area contributed by atoms with Crippen molar-refractivity contribution in [3.63, 3.8) is 0 Å². The Labute approximate surface area is 83.5 Å². The lowest BCUT2D eigenvalue weighted by molar-refractivity contribution is -0.122. The molecule has 0 bridgehead atoms. The monoisotopic (exact) mass is 197 g/mol. The predicted molar refractivity (Wildman–Crippen MR) is 51.7 cm³/mol. The second-order valence-electron chi connectivity index (χ2n) is 4.30. The molecule has 0 spiro atoms. The van der Waals surface area contributed by atoms with Gasteiger partial charge in [0.1, 0.15) is 6.61 Å². The Morgan fingerprint density at radius 1 is 1.50 bits per heavy atom. The summed E-state index contributed by atoms with van der Waals surface area (Å²) in [7, 11) is 0. The molecule has 0 unspecified atom stereocenters. The van der Waals surface area contributed by atoms with Gasteiger partial charge in [-0.05, 0) is 5.41 Å². The molecule has 1 saturated heterocycles. The number of amides is 2. The van der Waals surface area contributed by atoms with E-state index in [0.717, 1.165) is 4.90 Å². The molecular weight excluding hydrogens is 182 g/mol. The minimum absolute atomic E-state index is 0.0563. The highest BCUT2D eigenvalue weighted by atomic mass is 16.6. The lowest BCUT2D eigenvalue weighted by Gasteiger charge is -2.12. The van der Waals surface area contributed by atoms with Crippen molar-refractivity contribution in [2.75, 3.05) is 13.2 Å². The lowest BCUT2D eigenvalue weighted by Crippen LogP contribution is -2.30. The predicted octanol–water partition coefficient (Wildman–Crippen LogP) is 1.57. The topological polar surface area (TPSA) is 46.6 Å². The van der Waals surface area contributed by atoms with E-state index in [1.165, 1.54) is 6.08 Å². The average Bonchev–Trinajstić information content (AvgIpc) is 2.46. The number of hydrogen-bond acceptors (Lipinski definition) is 3. The van der Waals surface area contributed by atoms with Crippen molar-refractivity contribution >= 4 is 12.0 Å². The van der Waals surface area contributed by atoms with Gasteiger partial charge in [-0.1, -0.05) is 26.8 Å². The highest BCUT2D eigenvalue weighted by molar-refractivity contribution is 5.99. The first-order valence-corrected chi connectivity index (χ1v) is 4.58. The first-order chi connectivity index (χ1) is 6.40. The van der Waals surface area contributed by atoms with E-state index in [0.29, 0.717) is 13.2 Å². The molecule has 0 aromatic carbocycles. The van der Waals surface area contributed by atoms with Crippen molar-refractivity contribution in [1.29, 1.82) is 0 Å². The molecule has 1 heterocycles. The van der Waals surface area contributed by atoms with Crippen LogP contribution in [0.2, 0.25) is 0 Å². The zero-order valence-electron chi connectivity index (χ0n) is 8.74. The third kappa shape index (κ3) is 2.87. The quantitative estimate of drug-likeness (QED) is 0.599. The summed E-state index contributed by atoms with van der Waals surface area (Å²) in [6, 6.07) is 0. The maximum absolute atomic E-state index is 11.4. The number of rotatable bonds is 1. The van der Waals surface area contributed by atoms with Gasteiger partial charge in [0.15, 0.2) is 0 Å². The van der Waals surface area contributed by atoms with Crippen LogP contribution >= 0.6 is 0 Å². The fourth-order valence-corrected chi connectivity index (χ4v) is 1.00. The molecule has 2 amide bonds. The number of nitrogens with zero attached hydrogens (tertiary/aromatic N) is 1. The maximum atomic E-state index is 11.4. The van der Waals surface area contributed by atoms with Crippen molar-refractivity contribution in [2.24, 2.45) is 5.41 Å². The van der Waals surface area contributed by atoms with Gasteiger partial charge in [0.2, 0.25) is 0 Å². The summed E-state index contributed by atoms with van der Waals surface area (Å²) in [5, 5.41) is 0. The van der Waals surface area contributed by atoms with Gasteiger partial charge < -0.3 is 4.74 Å². The van der Waals surface area contributed by atoms with Crippen LogP contribution in [0.1, 0.15) is 20.8 Å². The van der Waals surface area contributed by atoms with Crippen LogP contribution in [0.5, 0.6) is 0 Å². The molecule has 0 N–H and O–H groups in total. The van der Waals surface area contributed by atoms with Gasteiger partial charge in [-0.25, -0.2) is 9.69 Å². The van der Waals surface area contributed by atoms with Crippen LogP contribution in [0.15, 0.2) is 12.2 Å². The van der Waals surface area contributed by atoms with Crippen LogP contribution in [0.25, 0.3) is 0 Å². The van der Waals surface area contributed by atoms with Gasteiger partial charge in [-0.2, -0.15) is 0 Å². The minimum Gasteiger partial charge on any atom is -0.447 e. The highest BCUT2D eigenvalue weighted by Gasteiger charge is 2.26. The van der Waals surface area contributed by atoms with Crippen molar-refractivity contribution in [2.45, 2.75) is 20.8 Å². The Balaban J connectivity index is 2.58. The Bertz CT molecular complexity index is 276. The molecule has 0 saturated carbocycles. The minimum atomic E-state index is -0.548. The van der Waals surface area contributed by atoms with Gasteiger partial charge in [0.25, 0.3) is 5.91 Å². The molecule has 1 aliphatic rings. The van der Waals surface area contributed by atoms with Gasteiger partial charge >= 0.3 is 6.09 Å². The standard InChI is InChI=1S/C10H15NO3/c1-10(2,3)5-4-8(12)11-6-7-14-9(11)13/h4-5H,6-7H2,1-3H3/b5-4+. The van der Waals surface area contributed by atoms with E-state index in [4.69, 9.17) is 0 Å². The van der Waals surface area contributed by atoms with Crippen molar-refractivity contribution in [3.8, 4) is 0 Å². The van der Waals surface area contributed by atoms with Crippen LogP contribution in [-0.4, -0.2) is 30.1 Å². The summed E-state index contributed by atoms with van der Waals surface area (Å²) in [5.74, 6) is -0.303. The number of carbonyl (C=O) groups is 2. The van der Waals surface area contributed by atoms with Crippen LogP contribution in [0.4, 0.5) is 4.79 Å². The number of hydrogen-bond donors (Lipinski definition) is 0. The molecule has 0 aliphatic carbocycles. The fourth-order valence-electron chi connectivity index (χ4n) is 1.00. The fraction of sp³-hybridized carbons (Fsp3) is 0.600. The second-order valence-corrected chi connectivity index (χ2v) is 4.30. The van der Waals surface area contributed by atoms with E-state index < -0.39 is 6.09 Å². The van der Waals surface area contributed by atoms with Gasteiger partial charge in [0, 0.05) is 6.08 Å². The van der Waals surface area contributed by atoms with Crippen LogP contribution in [0, 0.1) is 5.41 Å². The van der Waals surface area contributed by atoms with Gasteiger partial charge in [0.05, 0.1) is 6.54 Å². The maximum Gasteiger partial charge on any atom is 0.416 e. The van der Waals surface area contributed by atoms with Crippen molar-refractivity contribution in [3.05, 3.63) is 12.2 Å². The first-order valence-electron chi connectivity index (χ1n) is 4.58. The van der Waals surface area contributed by atoms with Gasteiger partial charge in [-0.15, -0.1) is 0 Å². The molecule has 78 valence electrons. The molecule has 4 nitrogen and oxygen atoms in total. The van der Waals surface area contributed by atoms with Crippen molar-refractivity contribution in [1.82, 2.24) is 4.90 Å². The molecule has 0 aromatic rings. The van der Waals surface area contributed by atoms with Crippen LogP contribution < -0.4 is 0 Å². The average molecular weight is 197 g/mol. The summed E-state index contributed by atoms with van der Waals surface area (Å²) in [6.07, 6.45) is 2.65. The number of imide groups is 1. The normalized spacial score (nSPS) is 17.6. The number of carbonyl (C=O) groups excluding carboxylic acids is 2. The summed E-state index contributed by atoms with van der Waals surface area (Å²) in [5.41, 5.74) is -0.0563. The Morgan fingerprint density at radius 3 is 2.57 bits per heavy atom. The number of allylic oxidation sites excluding steroid dienone is 1. The molecule has 14 heavy (non-hydrogen) atoms. The summed E-state index contributed by atoms with van der Waals surface area (Å²) < 4.78 is 4.65. The zero-order valence-corrected chi connectivity index (χ0v) is 8.74. The van der Waals surface area contributed by atoms with E-state index in [9.17, 15) is 9.59 Å². The Kier molecular flexibility index (Phi) is 2.93. The molecule has 0 atom stereocenters. The molecule has 0 radical (unpaired) electrons. The van der Waals surface area contributed by atoms with E-state index >= 15 is 0 Å². The summed E-state index contributed by atoms with van der Waals surface area (Å²) >= 11 is 0. The SMILES string of the molecule is CC(C)(C)/C=C/C(=O)N1CCOC1=O. The van der Waals surface area contributed by atoms with E-state index in [-0.39, 0.29) is 11.3 Å². The highest BCUT2D eigenvalue weighted by Crippen LogP contribution is 2.15. The first kappa shape index (κ1) is 10.8. The molecule has 1 rings (SSSR count). The smallest absolute Gasteiger partial charge is 0.416 e. The molecular formula is C10H15NO3. The third-order valence-corrected chi connectivity index (χ3v) is 1.75. The molecule has 1 fully saturated rings. The lowest BCUT2D eigenvalue weighted by atomic mass is 9.96. The van der Waals surface area contributed by atoms with E-state index in [1.807, 2.05) is 20.8 Å². The Hall–Kier alpha value is -1.32.